The van der Waals surface area contributed by atoms with Gasteiger partial charge in [-0.15, -0.1) is 0 Å². The van der Waals surface area contributed by atoms with Gasteiger partial charge in [0.1, 0.15) is 11.6 Å². The summed E-state index contributed by atoms with van der Waals surface area (Å²) in [4.78, 5) is 27.3. The molecule has 28 heavy (non-hydrogen) atoms. The van der Waals surface area contributed by atoms with Crippen LogP contribution in [0.2, 0.25) is 0 Å². The SMILES string of the molecule is CCCNC(=O)[C@@H]1CN(C(=O)c2ccccc2F)C[C@@H]1c1ccccc1OC. The molecule has 1 heterocycles. The Hall–Kier alpha value is -2.89. The normalized spacial score (nSPS) is 18.8. The molecule has 2 atom stereocenters. The summed E-state index contributed by atoms with van der Waals surface area (Å²) in [5.74, 6) is -1.01. The number of carbonyl (C=O) groups excluding carboxylic acids is 2. The molecule has 148 valence electrons. The lowest BCUT2D eigenvalue weighted by Gasteiger charge is -2.20. The molecular weight excluding hydrogens is 359 g/mol. The number of hydrogen-bond acceptors (Lipinski definition) is 3. The predicted molar refractivity (Wildman–Crippen MR) is 105 cm³/mol. The van der Waals surface area contributed by atoms with E-state index in [1.54, 1.807) is 24.1 Å². The third-order valence-electron chi connectivity index (χ3n) is 5.14. The zero-order valence-corrected chi connectivity index (χ0v) is 16.2. The molecular formula is C22H25FN2O3. The summed E-state index contributed by atoms with van der Waals surface area (Å²) >= 11 is 0. The maximum absolute atomic E-state index is 14.1. The molecule has 0 aliphatic carbocycles. The first-order chi connectivity index (χ1) is 13.6. The van der Waals surface area contributed by atoms with Crippen LogP contribution in [0.25, 0.3) is 0 Å². The molecule has 2 amide bonds. The lowest BCUT2D eigenvalue weighted by atomic mass is 9.87. The van der Waals surface area contributed by atoms with Crippen LogP contribution < -0.4 is 10.1 Å². The second-order valence-corrected chi connectivity index (χ2v) is 6.94. The van der Waals surface area contributed by atoms with Gasteiger partial charge in [0.25, 0.3) is 5.91 Å². The molecule has 1 aliphatic heterocycles. The number of methoxy groups -OCH3 is 1. The Morgan fingerprint density at radius 3 is 2.57 bits per heavy atom. The molecule has 0 radical (unpaired) electrons. The molecule has 1 aliphatic rings. The Kier molecular flexibility index (Phi) is 6.29. The molecule has 2 aromatic rings. The lowest BCUT2D eigenvalue weighted by molar-refractivity contribution is -0.124. The van der Waals surface area contributed by atoms with E-state index in [9.17, 15) is 14.0 Å². The quantitative estimate of drug-likeness (QED) is 0.832. The minimum absolute atomic E-state index is 0.0240. The summed E-state index contributed by atoms with van der Waals surface area (Å²) in [5, 5.41) is 2.93. The highest BCUT2D eigenvalue weighted by atomic mass is 19.1. The number of hydrogen-bond donors (Lipinski definition) is 1. The molecule has 1 N–H and O–H groups in total. The summed E-state index contributed by atoms with van der Waals surface area (Å²) < 4.78 is 19.6. The van der Waals surface area contributed by atoms with Crippen LogP contribution in [0.15, 0.2) is 48.5 Å². The number of likely N-dealkylation sites (tertiary alicyclic amines) is 1. The van der Waals surface area contributed by atoms with Crippen LogP contribution in [0.1, 0.15) is 35.2 Å². The van der Waals surface area contributed by atoms with Crippen LogP contribution >= 0.6 is 0 Å². The van der Waals surface area contributed by atoms with E-state index >= 15 is 0 Å². The van der Waals surface area contributed by atoms with E-state index in [1.165, 1.54) is 12.1 Å². The van der Waals surface area contributed by atoms with Gasteiger partial charge in [-0.1, -0.05) is 37.3 Å². The fourth-order valence-electron chi connectivity index (χ4n) is 3.71. The number of nitrogens with one attached hydrogen (secondary N) is 1. The van der Waals surface area contributed by atoms with E-state index in [1.807, 2.05) is 31.2 Å². The van der Waals surface area contributed by atoms with Gasteiger partial charge in [0, 0.05) is 25.6 Å². The van der Waals surface area contributed by atoms with Crippen molar-refractivity contribution in [3.05, 3.63) is 65.5 Å². The van der Waals surface area contributed by atoms with E-state index in [0.29, 0.717) is 18.8 Å². The number of carbonyl (C=O) groups is 2. The number of rotatable bonds is 6. The van der Waals surface area contributed by atoms with Crippen LogP contribution in [0.5, 0.6) is 5.75 Å². The molecule has 1 fully saturated rings. The van der Waals surface area contributed by atoms with Crippen molar-refractivity contribution in [1.82, 2.24) is 10.2 Å². The number of halogens is 1. The van der Waals surface area contributed by atoms with Gasteiger partial charge in [0.2, 0.25) is 5.91 Å². The maximum atomic E-state index is 14.1. The Morgan fingerprint density at radius 2 is 1.86 bits per heavy atom. The van der Waals surface area contributed by atoms with Crippen molar-refractivity contribution < 1.29 is 18.7 Å². The smallest absolute Gasteiger partial charge is 0.256 e. The highest BCUT2D eigenvalue weighted by Crippen LogP contribution is 2.38. The lowest BCUT2D eigenvalue weighted by Crippen LogP contribution is -2.36. The van der Waals surface area contributed by atoms with Crippen molar-refractivity contribution in [2.75, 3.05) is 26.7 Å². The average Bonchev–Trinajstić information content (AvgIpc) is 3.17. The molecule has 5 nitrogen and oxygen atoms in total. The second-order valence-electron chi connectivity index (χ2n) is 6.94. The number of ether oxygens (including phenoxy) is 1. The molecule has 1 saturated heterocycles. The number of nitrogens with zero attached hydrogens (tertiary/aromatic N) is 1. The van der Waals surface area contributed by atoms with Gasteiger partial charge in [-0.3, -0.25) is 9.59 Å². The minimum atomic E-state index is -0.555. The van der Waals surface area contributed by atoms with Gasteiger partial charge in [-0.25, -0.2) is 4.39 Å². The molecule has 6 heteroatoms. The predicted octanol–water partition coefficient (Wildman–Crippen LogP) is 3.22. The van der Waals surface area contributed by atoms with Crippen LogP contribution in [0.3, 0.4) is 0 Å². The van der Waals surface area contributed by atoms with E-state index in [2.05, 4.69) is 5.32 Å². The molecule has 2 aromatic carbocycles. The van der Waals surface area contributed by atoms with Gasteiger partial charge in [-0.2, -0.15) is 0 Å². The molecule has 0 bridgehead atoms. The van der Waals surface area contributed by atoms with Crippen LogP contribution in [-0.4, -0.2) is 43.5 Å². The van der Waals surface area contributed by atoms with Crippen molar-refractivity contribution >= 4 is 11.8 Å². The Labute approximate surface area is 164 Å². The summed E-state index contributed by atoms with van der Waals surface area (Å²) in [6.07, 6.45) is 0.829. The van der Waals surface area contributed by atoms with Gasteiger partial charge in [0.15, 0.2) is 0 Å². The molecule has 3 rings (SSSR count). The van der Waals surface area contributed by atoms with Gasteiger partial charge >= 0.3 is 0 Å². The molecule has 0 unspecified atom stereocenters. The Bertz CT molecular complexity index is 855. The van der Waals surface area contributed by atoms with Crippen molar-refractivity contribution in [2.45, 2.75) is 19.3 Å². The summed E-state index contributed by atoms with van der Waals surface area (Å²) in [6.45, 7) is 3.14. The fourth-order valence-corrected chi connectivity index (χ4v) is 3.71. The van der Waals surface area contributed by atoms with Crippen LogP contribution in [-0.2, 0) is 4.79 Å². The van der Waals surface area contributed by atoms with Crippen molar-refractivity contribution in [2.24, 2.45) is 5.92 Å². The van der Waals surface area contributed by atoms with Crippen LogP contribution in [0.4, 0.5) is 4.39 Å². The zero-order valence-electron chi connectivity index (χ0n) is 16.2. The topological polar surface area (TPSA) is 58.6 Å². The van der Waals surface area contributed by atoms with E-state index in [-0.39, 0.29) is 23.9 Å². The van der Waals surface area contributed by atoms with E-state index in [4.69, 9.17) is 4.74 Å². The Balaban J connectivity index is 1.91. The second kappa shape index (κ2) is 8.87. The highest BCUT2D eigenvalue weighted by Gasteiger charge is 2.41. The monoisotopic (exact) mass is 384 g/mol. The van der Waals surface area contributed by atoms with Crippen molar-refractivity contribution in [1.29, 1.82) is 0 Å². The zero-order chi connectivity index (χ0) is 20.1. The van der Waals surface area contributed by atoms with Gasteiger partial charge < -0.3 is 15.0 Å². The molecule has 0 aromatic heterocycles. The van der Waals surface area contributed by atoms with E-state index < -0.39 is 17.6 Å². The largest absolute Gasteiger partial charge is 0.496 e. The first-order valence-corrected chi connectivity index (χ1v) is 9.51. The first kappa shape index (κ1) is 19.9. The standard InChI is InChI=1S/C22H25FN2O3/c1-3-12-24-21(26)18-14-25(22(27)16-9-4-6-10-19(16)23)13-17(18)15-8-5-7-11-20(15)28-2/h4-11,17-18H,3,12-14H2,1-2H3,(H,24,26)/t17-,18-/m1/s1. The highest BCUT2D eigenvalue weighted by molar-refractivity contribution is 5.95. The minimum Gasteiger partial charge on any atom is -0.496 e. The summed E-state index contributed by atoms with van der Waals surface area (Å²) in [5.41, 5.74) is 0.904. The maximum Gasteiger partial charge on any atom is 0.256 e. The van der Waals surface area contributed by atoms with E-state index in [0.717, 1.165) is 12.0 Å². The summed E-state index contributed by atoms with van der Waals surface area (Å²) in [7, 11) is 1.59. The number of benzene rings is 2. The third-order valence-corrected chi connectivity index (χ3v) is 5.14. The fraction of sp³-hybridized carbons (Fsp3) is 0.364. The number of para-hydroxylation sites is 1. The first-order valence-electron chi connectivity index (χ1n) is 9.51. The van der Waals surface area contributed by atoms with Gasteiger partial charge in [-0.05, 0) is 30.2 Å². The van der Waals surface area contributed by atoms with Gasteiger partial charge in [0.05, 0.1) is 18.6 Å². The third kappa shape index (κ3) is 4.01. The molecule has 0 spiro atoms. The number of amides is 2. The van der Waals surface area contributed by atoms with Crippen molar-refractivity contribution in [3.8, 4) is 5.75 Å². The molecule has 0 saturated carbocycles. The van der Waals surface area contributed by atoms with Crippen LogP contribution in [0, 0.1) is 11.7 Å². The average molecular weight is 384 g/mol. The Morgan fingerprint density at radius 1 is 1.14 bits per heavy atom. The summed E-state index contributed by atoms with van der Waals surface area (Å²) in [6, 6.07) is 13.4. The van der Waals surface area contributed by atoms with Crippen molar-refractivity contribution in [3.63, 3.8) is 0 Å².